The van der Waals surface area contributed by atoms with Crippen LogP contribution in [-0.2, 0) is 0 Å². The molecule has 0 radical (unpaired) electrons. The van der Waals surface area contributed by atoms with Crippen LogP contribution in [0, 0.1) is 13.8 Å². The standard InChI is InChI=1S/C17H13Cl2N3O/c1-10-11(2)21-16(14-5-3-4-8-20-14)22-17(10)23-15-7-6-12(18)9-13(15)19/h3-9H,1-2H3. The Morgan fingerprint density at radius 2 is 1.83 bits per heavy atom. The Morgan fingerprint density at radius 1 is 1.00 bits per heavy atom. The van der Waals surface area contributed by atoms with Gasteiger partial charge in [0, 0.05) is 22.5 Å². The molecule has 0 aliphatic heterocycles. The fraction of sp³-hybridized carbons (Fsp3) is 0.118. The van der Waals surface area contributed by atoms with Gasteiger partial charge in [0.1, 0.15) is 11.4 Å². The lowest BCUT2D eigenvalue weighted by atomic mass is 10.2. The fourth-order valence-electron chi connectivity index (χ4n) is 1.97. The smallest absolute Gasteiger partial charge is 0.226 e. The Kier molecular flexibility index (Phi) is 4.46. The highest BCUT2D eigenvalue weighted by atomic mass is 35.5. The molecule has 0 fully saturated rings. The third-order valence-electron chi connectivity index (χ3n) is 3.34. The normalized spacial score (nSPS) is 10.6. The maximum atomic E-state index is 6.16. The molecule has 0 bridgehead atoms. The molecule has 0 N–H and O–H groups in total. The summed E-state index contributed by atoms with van der Waals surface area (Å²) in [6, 6.07) is 10.6. The third-order valence-corrected chi connectivity index (χ3v) is 3.87. The molecule has 2 heterocycles. The molecule has 23 heavy (non-hydrogen) atoms. The largest absolute Gasteiger partial charge is 0.437 e. The molecule has 0 unspecified atom stereocenters. The summed E-state index contributed by atoms with van der Waals surface area (Å²) < 4.78 is 5.87. The summed E-state index contributed by atoms with van der Waals surface area (Å²) in [6.45, 7) is 3.80. The van der Waals surface area contributed by atoms with Gasteiger partial charge in [-0.1, -0.05) is 29.3 Å². The van der Waals surface area contributed by atoms with Gasteiger partial charge in [0.2, 0.25) is 5.88 Å². The van der Waals surface area contributed by atoms with Gasteiger partial charge >= 0.3 is 0 Å². The van der Waals surface area contributed by atoms with E-state index < -0.39 is 0 Å². The lowest BCUT2D eigenvalue weighted by Crippen LogP contribution is -2.01. The molecule has 3 aromatic rings. The number of hydrogen-bond acceptors (Lipinski definition) is 4. The van der Waals surface area contributed by atoms with Crippen molar-refractivity contribution in [2.75, 3.05) is 0 Å². The second-order valence-corrected chi connectivity index (χ2v) is 5.80. The van der Waals surface area contributed by atoms with Crippen molar-refractivity contribution in [1.29, 1.82) is 0 Å². The maximum Gasteiger partial charge on any atom is 0.226 e. The minimum absolute atomic E-state index is 0.424. The fourth-order valence-corrected chi connectivity index (χ4v) is 2.42. The van der Waals surface area contributed by atoms with E-state index in [9.17, 15) is 0 Å². The lowest BCUT2D eigenvalue weighted by Gasteiger charge is -2.12. The lowest BCUT2D eigenvalue weighted by molar-refractivity contribution is 0.457. The van der Waals surface area contributed by atoms with Gasteiger partial charge in [-0.3, -0.25) is 4.98 Å². The zero-order valence-corrected chi connectivity index (χ0v) is 14.1. The molecule has 0 aliphatic rings. The summed E-state index contributed by atoms with van der Waals surface area (Å²) in [5.41, 5.74) is 2.35. The first kappa shape index (κ1) is 15.7. The number of pyridine rings is 1. The molecule has 4 nitrogen and oxygen atoms in total. The van der Waals surface area contributed by atoms with Gasteiger partial charge < -0.3 is 4.74 Å². The summed E-state index contributed by atoms with van der Waals surface area (Å²) in [4.78, 5) is 13.2. The van der Waals surface area contributed by atoms with Crippen LogP contribution in [0.5, 0.6) is 11.6 Å². The van der Waals surface area contributed by atoms with E-state index in [-0.39, 0.29) is 0 Å². The highest BCUT2D eigenvalue weighted by Crippen LogP contribution is 2.33. The quantitative estimate of drug-likeness (QED) is 0.649. The van der Waals surface area contributed by atoms with Crippen LogP contribution in [0.3, 0.4) is 0 Å². The van der Waals surface area contributed by atoms with Crippen molar-refractivity contribution in [2.24, 2.45) is 0 Å². The Morgan fingerprint density at radius 3 is 2.52 bits per heavy atom. The molecule has 0 amide bonds. The van der Waals surface area contributed by atoms with Crippen LogP contribution in [0.4, 0.5) is 0 Å². The molecule has 116 valence electrons. The number of aromatic nitrogens is 3. The highest BCUT2D eigenvalue weighted by molar-refractivity contribution is 6.35. The highest BCUT2D eigenvalue weighted by Gasteiger charge is 2.13. The van der Waals surface area contributed by atoms with Crippen LogP contribution >= 0.6 is 23.2 Å². The van der Waals surface area contributed by atoms with Crippen LogP contribution in [0.2, 0.25) is 10.0 Å². The van der Waals surface area contributed by atoms with Gasteiger partial charge in [-0.2, -0.15) is 4.98 Å². The van der Waals surface area contributed by atoms with Gasteiger partial charge in [-0.25, -0.2) is 4.98 Å². The molecule has 1 aromatic carbocycles. The first-order chi connectivity index (χ1) is 11.0. The van der Waals surface area contributed by atoms with Crippen molar-refractivity contribution in [1.82, 2.24) is 15.0 Å². The SMILES string of the molecule is Cc1nc(-c2ccccn2)nc(Oc2ccc(Cl)cc2Cl)c1C. The number of ether oxygens (including phenoxy) is 1. The Labute approximate surface area is 144 Å². The van der Waals surface area contributed by atoms with E-state index in [1.54, 1.807) is 24.4 Å². The van der Waals surface area contributed by atoms with E-state index in [0.29, 0.717) is 33.2 Å². The van der Waals surface area contributed by atoms with Crippen LogP contribution in [0.15, 0.2) is 42.6 Å². The van der Waals surface area contributed by atoms with Crippen molar-refractivity contribution in [3.63, 3.8) is 0 Å². The van der Waals surface area contributed by atoms with E-state index in [0.717, 1.165) is 11.3 Å². The minimum Gasteiger partial charge on any atom is -0.437 e. The van der Waals surface area contributed by atoms with Gasteiger partial charge in [-0.15, -0.1) is 0 Å². The molecule has 3 rings (SSSR count). The average molecular weight is 346 g/mol. The first-order valence-electron chi connectivity index (χ1n) is 6.94. The summed E-state index contributed by atoms with van der Waals surface area (Å²) >= 11 is 12.1. The number of hydrogen-bond donors (Lipinski definition) is 0. The van der Waals surface area contributed by atoms with Crippen molar-refractivity contribution >= 4 is 23.2 Å². The van der Waals surface area contributed by atoms with Crippen molar-refractivity contribution < 1.29 is 4.74 Å². The zero-order chi connectivity index (χ0) is 16.4. The predicted octanol–water partition coefficient (Wildman–Crippen LogP) is 5.25. The van der Waals surface area contributed by atoms with Crippen LogP contribution < -0.4 is 4.74 Å². The van der Waals surface area contributed by atoms with E-state index in [4.69, 9.17) is 27.9 Å². The number of rotatable bonds is 3. The van der Waals surface area contributed by atoms with E-state index in [1.165, 1.54) is 0 Å². The summed E-state index contributed by atoms with van der Waals surface area (Å²) in [5.74, 6) is 1.44. The summed E-state index contributed by atoms with van der Waals surface area (Å²) in [6.07, 6.45) is 1.70. The monoisotopic (exact) mass is 345 g/mol. The number of nitrogens with zero attached hydrogens (tertiary/aromatic N) is 3. The van der Waals surface area contributed by atoms with Gasteiger partial charge in [-0.05, 0) is 44.2 Å². The van der Waals surface area contributed by atoms with Crippen LogP contribution in [0.1, 0.15) is 11.3 Å². The molecule has 0 atom stereocenters. The summed E-state index contributed by atoms with van der Waals surface area (Å²) in [5, 5.41) is 0.972. The maximum absolute atomic E-state index is 6.16. The van der Waals surface area contributed by atoms with Crippen molar-refractivity contribution in [3.05, 3.63) is 63.9 Å². The van der Waals surface area contributed by atoms with Crippen LogP contribution in [-0.4, -0.2) is 15.0 Å². The van der Waals surface area contributed by atoms with E-state index in [2.05, 4.69) is 15.0 Å². The second-order valence-electron chi connectivity index (χ2n) is 4.95. The zero-order valence-electron chi connectivity index (χ0n) is 12.5. The Bertz CT molecular complexity index is 854. The first-order valence-corrected chi connectivity index (χ1v) is 7.70. The Balaban J connectivity index is 2.03. The van der Waals surface area contributed by atoms with Gasteiger partial charge in [0.05, 0.1) is 5.02 Å². The van der Waals surface area contributed by atoms with Crippen LogP contribution in [0.25, 0.3) is 11.5 Å². The minimum atomic E-state index is 0.424. The van der Waals surface area contributed by atoms with E-state index in [1.807, 2.05) is 32.0 Å². The van der Waals surface area contributed by atoms with Gasteiger partial charge in [0.25, 0.3) is 0 Å². The molecule has 0 saturated carbocycles. The van der Waals surface area contributed by atoms with E-state index >= 15 is 0 Å². The number of benzene rings is 1. The average Bonchev–Trinajstić information content (AvgIpc) is 2.55. The summed E-state index contributed by atoms with van der Waals surface area (Å²) in [7, 11) is 0. The molecule has 6 heteroatoms. The van der Waals surface area contributed by atoms with Crippen molar-refractivity contribution in [3.8, 4) is 23.1 Å². The molecule has 0 aliphatic carbocycles. The topological polar surface area (TPSA) is 47.9 Å². The van der Waals surface area contributed by atoms with Gasteiger partial charge in [0.15, 0.2) is 5.82 Å². The molecule has 0 saturated heterocycles. The number of halogens is 2. The Hall–Kier alpha value is -2.17. The third kappa shape index (κ3) is 3.44. The predicted molar refractivity (Wildman–Crippen MR) is 91.3 cm³/mol. The molecular formula is C17H13Cl2N3O. The second kappa shape index (κ2) is 6.52. The molecule has 2 aromatic heterocycles. The van der Waals surface area contributed by atoms with Crippen molar-refractivity contribution in [2.45, 2.75) is 13.8 Å². The number of aryl methyl sites for hydroxylation is 1. The molecule has 0 spiro atoms. The molecular weight excluding hydrogens is 333 g/mol.